The molecule has 1 aromatic heterocycles. The minimum Gasteiger partial charge on any atom is -0.483 e. The lowest BCUT2D eigenvalue weighted by Crippen LogP contribution is -2.30. The van der Waals surface area contributed by atoms with Crippen LogP contribution in [-0.2, 0) is 4.79 Å². The quantitative estimate of drug-likeness (QED) is 0.900. The second-order valence-corrected chi connectivity index (χ2v) is 5.86. The lowest BCUT2D eigenvalue weighted by molar-refractivity contribution is -0.123. The first-order valence-electron chi connectivity index (χ1n) is 5.87. The number of hydrogen-bond acceptors (Lipinski definition) is 3. The first kappa shape index (κ1) is 14.1. The zero-order valence-electron chi connectivity index (χ0n) is 10.4. The Hall–Kier alpha value is -1.33. The highest BCUT2D eigenvalue weighted by atomic mass is 79.9. The van der Waals surface area contributed by atoms with Crippen LogP contribution in [0.3, 0.4) is 0 Å². The molecule has 3 nitrogen and oxygen atoms in total. The number of carbonyl (C=O) groups is 1. The van der Waals surface area contributed by atoms with E-state index in [1.165, 1.54) is 0 Å². The number of thiophene rings is 1. The van der Waals surface area contributed by atoms with E-state index in [2.05, 4.69) is 21.2 Å². The molecular formula is C14H14BrNO2S. The lowest BCUT2D eigenvalue weighted by Gasteiger charge is -2.13. The van der Waals surface area contributed by atoms with Crippen LogP contribution >= 0.6 is 27.3 Å². The van der Waals surface area contributed by atoms with Gasteiger partial charge < -0.3 is 10.1 Å². The fourth-order valence-corrected chi connectivity index (χ4v) is 2.73. The van der Waals surface area contributed by atoms with Gasteiger partial charge in [-0.1, -0.05) is 18.2 Å². The molecule has 0 saturated heterocycles. The molecule has 1 heterocycles. The van der Waals surface area contributed by atoms with E-state index in [0.717, 1.165) is 9.35 Å². The molecule has 19 heavy (non-hydrogen) atoms. The largest absolute Gasteiger partial charge is 0.483 e. The van der Waals surface area contributed by atoms with Gasteiger partial charge in [0.2, 0.25) is 0 Å². The molecule has 100 valence electrons. The number of halogens is 1. The van der Waals surface area contributed by atoms with E-state index in [1.807, 2.05) is 48.7 Å². The molecule has 1 aromatic carbocycles. The molecule has 0 fully saturated rings. The van der Waals surface area contributed by atoms with Crippen molar-refractivity contribution in [2.75, 3.05) is 6.61 Å². The van der Waals surface area contributed by atoms with Gasteiger partial charge in [0.15, 0.2) is 6.61 Å². The van der Waals surface area contributed by atoms with Gasteiger partial charge in [-0.05, 0) is 46.4 Å². The van der Waals surface area contributed by atoms with Crippen LogP contribution in [0.1, 0.15) is 17.8 Å². The fourth-order valence-electron chi connectivity index (χ4n) is 1.60. The molecule has 0 saturated carbocycles. The Labute approximate surface area is 124 Å². The van der Waals surface area contributed by atoms with Crippen molar-refractivity contribution in [1.82, 2.24) is 5.32 Å². The molecular weight excluding hydrogens is 326 g/mol. The van der Waals surface area contributed by atoms with Crippen molar-refractivity contribution in [3.8, 4) is 5.75 Å². The van der Waals surface area contributed by atoms with Gasteiger partial charge in [0.25, 0.3) is 5.91 Å². The smallest absolute Gasteiger partial charge is 0.258 e. The molecule has 1 N–H and O–H groups in total. The Morgan fingerprint density at radius 2 is 2.16 bits per heavy atom. The minimum atomic E-state index is -0.128. The molecule has 0 aliphatic heterocycles. The van der Waals surface area contributed by atoms with E-state index < -0.39 is 0 Å². The van der Waals surface area contributed by atoms with E-state index in [0.29, 0.717) is 5.75 Å². The van der Waals surface area contributed by atoms with Crippen LogP contribution in [0.15, 0.2) is 46.3 Å². The van der Waals surface area contributed by atoms with Crippen molar-refractivity contribution in [1.29, 1.82) is 0 Å². The lowest BCUT2D eigenvalue weighted by atomic mass is 10.3. The van der Waals surface area contributed by atoms with Gasteiger partial charge in [-0.15, -0.1) is 11.3 Å². The first-order chi connectivity index (χ1) is 9.16. The third kappa shape index (κ3) is 4.08. The third-order valence-electron chi connectivity index (χ3n) is 2.54. The van der Waals surface area contributed by atoms with E-state index in [9.17, 15) is 4.79 Å². The number of benzene rings is 1. The van der Waals surface area contributed by atoms with Crippen molar-refractivity contribution in [3.63, 3.8) is 0 Å². The second-order valence-electron chi connectivity index (χ2n) is 4.02. The van der Waals surface area contributed by atoms with Gasteiger partial charge in [0.05, 0.1) is 10.5 Å². The summed E-state index contributed by atoms with van der Waals surface area (Å²) >= 11 is 5.00. The SMILES string of the molecule is C[C@@H](NC(=O)COc1ccccc1Br)c1cccs1. The predicted molar refractivity (Wildman–Crippen MR) is 80.5 cm³/mol. The highest BCUT2D eigenvalue weighted by molar-refractivity contribution is 9.10. The van der Waals surface area contributed by atoms with Gasteiger partial charge in [0.1, 0.15) is 5.75 Å². The molecule has 0 radical (unpaired) electrons. The molecule has 2 aromatic rings. The van der Waals surface area contributed by atoms with Gasteiger partial charge in [-0.25, -0.2) is 0 Å². The molecule has 0 unspecified atom stereocenters. The fraction of sp³-hybridized carbons (Fsp3) is 0.214. The van der Waals surface area contributed by atoms with Gasteiger partial charge in [0, 0.05) is 4.88 Å². The van der Waals surface area contributed by atoms with Crippen molar-refractivity contribution >= 4 is 33.2 Å². The summed E-state index contributed by atoms with van der Waals surface area (Å²) in [4.78, 5) is 12.9. The maximum Gasteiger partial charge on any atom is 0.258 e. The maximum absolute atomic E-state index is 11.8. The highest BCUT2D eigenvalue weighted by Gasteiger charge is 2.11. The minimum absolute atomic E-state index is 0.00955. The average Bonchev–Trinajstić information content (AvgIpc) is 2.91. The summed E-state index contributed by atoms with van der Waals surface area (Å²) in [6, 6.07) is 11.4. The molecule has 0 aliphatic carbocycles. The van der Waals surface area contributed by atoms with Crippen LogP contribution in [0, 0.1) is 0 Å². The van der Waals surface area contributed by atoms with E-state index in [1.54, 1.807) is 11.3 Å². The van der Waals surface area contributed by atoms with Crippen LogP contribution < -0.4 is 10.1 Å². The van der Waals surface area contributed by atoms with Crippen molar-refractivity contribution in [3.05, 3.63) is 51.1 Å². The van der Waals surface area contributed by atoms with E-state index >= 15 is 0 Å². The topological polar surface area (TPSA) is 38.3 Å². The Balaban J connectivity index is 1.84. The monoisotopic (exact) mass is 339 g/mol. The van der Waals surface area contributed by atoms with Gasteiger partial charge >= 0.3 is 0 Å². The molecule has 2 rings (SSSR count). The third-order valence-corrected chi connectivity index (χ3v) is 4.25. The summed E-state index contributed by atoms with van der Waals surface area (Å²) in [6.45, 7) is 1.97. The standard InChI is InChI=1S/C14H14BrNO2S/c1-10(13-7-4-8-19-13)16-14(17)9-18-12-6-3-2-5-11(12)15/h2-8,10H,9H2,1H3,(H,16,17)/t10-/m1/s1. The summed E-state index contributed by atoms with van der Waals surface area (Å²) in [5, 5.41) is 4.90. The second kappa shape index (κ2) is 6.73. The van der Waals surface area contributed by atoms with Gasteiger partial charge in [-0.3, -0.25) is 4.79 Å². The summed E-state index contributed by atoms with van der Waals surface area (Å²) in [7, 11) is 0. The Kier molecular flexibility index (Phi) is 4.99. The summed E-state index contributed by atoms with van der Waals surface area (Å²) in [5.41, 5.74) is 0. The number of ether oxygens (including phenoxy) is 1. The molecule has 0 bridgehead atoms. The number of hydrogen-bond donors (Lipinski definition) is 1. The Bertz CT molecular complexity index is 542. The van der Waals surface area contributed by atoms with Crippen LogP contribution in [0.2, 0.25) is 0 Å². The Morgan fingerprint density at radius 1 is 1.37 bits per heavy atom. The van der Waals surface area contributed by atoms with E-state index in [4.69, 9.17) is 4.74 Å². The van der Waals surface area contributed by atoms with Gasteiger partial charge in [-0.2, -0.15) is 0 Å². The Morgan fingerprint density at radius 3 is 2.84 bits per heavy atom. The van der Waals surface area contributed by atoms with E-state index in [-0.39, 0.29) is 18.6 Å². The number of nitrogens with one attached hydrogen (secondary N) is 1. The number of para-hydroxylation sites is 1. The van der Waals surface area contributed by atoms with Crippen molar-refractivity contribution in [2.24, 2.45) is 0 Å². The maximum atomic E-state index is 11.8. The number of rotatable bonds is 5. The molecule has 5 heteroatoms. The molecule has 1 atom stereocenters. The van der Waals surface area contributed by atoms with Crippen molar-refractivity contribution in [2.45, 2.75) is 13.0 Å². The average molecular weight is 340 g/mol. The highest BCUT2D eigenvalue weighted by Crippen LogP contribution is 2.23. The summed E-state index contributed by atoms with van der Waals surface area (Å²) in [6.07, 6.45) is 0. The summed E-state index contributed by atoms with van der Waals surface area (Å²) < 4.78 is 6.30. The summed E-state index contributed by atoms with van der Waals surface area (Å²) in [5.74, 6) is 0.540. The number of amides is 1. The zero-order valence-corrected chi connectivity index (χ0v) is 12.8. The van der Waals surface area contributed by atoms with Crippen LogP contribution in [0.5, 0.6) is 5.75 Å². The van der Waals surface area contributed by atoms with Crippen LogP contribution in [-0.4, -0.2) is 12.5 Å². The van der Waals surface area contributed by atoms with Crippen molar-refractivity contribution < 1.29 is 9.53 Å². The molecule has 0 spiro atoms. The molecule has 1 amide bonds. The van der Waals surface area contributed by atoms with Crippen LogP contribution in [0.4, 0.5) is 0 Å². The zero-order chi connectivity index (χ0) is 13.7. The normalized spacial score (nSPS) is 11.9. The van der Waals surface area contributed by atoms with Crippen LogP contribution in [0.25, 0.3) is 0 Å². The number of carbonyl (C=O) groups excluding carboxylic acids is 1. The predicted octanol–water partition coefficient (Wildman–Crippen LogP) is 3.77. The molecule has 0 aliphatic rings. The first-order valence-corrected chi connectivity index (χ1v) is 7.54.